The first kappa shape index (κ1) is 13.2. The molecule has 1 nitrogen and oxygen atoms in total. The minimum absolute atomic E-state index is 0.305. The van der Waals surface area contributed by atoms with Gasteiger partial charge in [0.2, 0.25) is 0 Å². The number of hydrogen-bond acceptors (Lipinski definition) is 1. The highest BCUT2D eigenvalue weighted by molar-refractivity contribution is 6.32. The molecule has 0 radical (unpaired) electrons. The van der Waals surface area contributed by atoms with E-state index in [1.54, 1.807) is 31.2 Å². The largest absolute Gasteiger partial charge is 0.456 e. The summed E-state index contributed by atoms with van der Waals surface area (Å²) in [6.45, 7) is 1.70. The minimum Gasteiger partial charge on any atom is -0.456 e. The van der Waals surface area contributed by atoms with Crippen LogP contribution in [-0.2, 0) is 5.88 Å². The van der Waals surface area contributed by atoms with E-state index in [2.05, 4.69) is 0 Å². The summed E-state index contributed by atoms with van der Waals surface area (Å²) in [5, 5.41) is 0.453. The topological polar surface area (TPSA) is 9.23 Å². The van der Waals surface area contributed by atoms with Gasteiger partial charge < -0.3 is 4.74 Å². The maximum atomic E-state index is 13.4. The van der Waals surface area contributed by atoms with Gasteiger partial charge >= 0.3 is 0 Å². The van der Waals surface area contributed by atoms with Gasteiger partial charge in [0.05, 0.1) is 5.02 Å². The number of aryl methyl sites for hydroxylation is 1. The van der Waals surface area contributed by atoms with Crippen molar-refractivity contribution in [2.24, 2.45) is 0 Å². The molecule has 0 aliphatic rings. The van der Waals surface area contributed by atoms with E-state index < -0.39 is 0 Å². The predicted octanol–water partition coefficient (Wildman–Crippen LogP) is 5.32. The van der Waals surface area contributed by atoms with E-state index in [4.69, 9.17) is 27.9 Å². The molecule has 0 atom stereocenters. The zero-order valence-corrected chi connectivity index (χ0v) is 11.2. The van der Waals surface area contributed by atoms with Crippen molar-refractivity contribution in [2.75, 3.05) is 0 Å². The molecule has 0 saturated heterocycles. The van der Waals surface area contributed by atoms with Gasteiger partial charge in [-0.25, -0.2) is 4.39 Å². The van der Waals surface area contributed by atoms with Crippen molar-refractivity contribution in [1.82, 2.24) is 0 Å². The summed E-state index contributed by atoms with van der Waals surface area (Å²) in [5.74, 6) is 0.979. The fourth-order valence-corrected chi connectivity index (χ4v) is 1.88. The molecular formula is C14H11Cl2FO. The molecule has 0 bridgehead atoms. The van der Waals surface area contributed by atoms with E-state index in [1.807, 2.05) is 6.07 Å². The van der Waals surface area contributed by atoms with Gasteiger partial charge in [-0.05, 0) is 36.2 Å². The second-order valence-corrected chi connectivity index (χ2v) is 4.59. The van der Waals surface area contributed by atoms with Crippen LogP contribution in [-0.4, -0.2) is 0 Å². The Labute approximate surface area is 115 Å². The van der Waals surface area contributed by atoms with E-state index in [0.717, 1.165) is 5.56 Å². The fraction of sp³-hybridized carbons (Fsp3) is 0.143. The first-order valence-corrected chi connectivity index (χ1v) is 6.30. The molecule has 0 fully saturated rings. The predicted molar refractivity (Wildman–Crippen MR) is 72.2 cm³/mol. The Kier molecular flexibility index (Phi) is 4.10. The van der Waals surface area contributed by atoms with Crippen LogP contribution in [0.3, 0.4) is 0 Å². The molecule has 0 aromatic heterocycles. The van der Waals surface area contributed by atoms with Gasteiger partial charge in [-0.2, -0.15) is 0 Å². The third-order valence-corrected chi connectivity index (χ3v) is 3.13. The Bertz CT molecular complexity index is 570. The normalized spacial score (nSPS) is 10.4. The van der Waals surface area contributed by atoms with E-state index in [0.29, 0.717) is 28.0 Å². The van der Waals surface area contributed by atoms with Crippen molar-refractivity contribution >= 4 is 23.2 Å². The summed E-state index contributed by atoms with van der Waals surface area (Å²) >= 11 is 11.8. The molecule has 0 spiro atoms. The van der Waals surface area contributed by atoms with Crippen molar-refractivity contribution in [3.05, 3.63) is 58.4 Å². The summed E-state index contributed by atoms with van der Waals surface area (Å²) in [6.07, 6.45) is 0. The summed E-state index contributed by atoms with van der Waals surface area (Å²) in [7, 11) is 0. The van der Waals surface area contributed by atoms with Crippen LogP contribution in [0.15, 0.2) is 36.4 Å². The average molecular weight is 285 g/mol. The van der Waals surface area contributed by atoms with Gasteiger partial charge in [-0.3, -0.25) is 0 Å². The van der Waals surface area contributed by atoms with Crippen LogP contribution in [0.1, 0.15) is 11.1 Å². The Morgan fingerprint density at radius 2 is 1.94 bits per heavy atom. The first-order chi connectivity index (χ1) is 8.60. The van der Waals surface area contributed by atoms with E-state index in [1.165, 1.54) is 6.07 Å². The van der Waals surface area contributed by atoms with E-state index in [9.17, 15) is 4.39 Å². The Balaban J connectivity index is 2.25. The average Bonchev–Trinajstić information content (AvgIpc) is 2.36. The van der Waals surface area contributed by atoms with Gasteiger partial charge in [0.25, 0.3) is 0 Å². The van der Waals surface area contributed by atoms with Crippen molar-refractivity contribution < 1.29 is 9.13 Å². The smallest absolute Gasteiger partial charge is 0.146 e. The van der Waals surface area contributed by atoms with Crippen LogP contribution in [0, 0.1) is 12.7 Å². The number of alkyl halides is 1. The molecule has 0 unspecified atom stereocenters. The highest BCUT2D eigenvalue weighted by Gasteiger charge is 2.06. The lowest BCUT2D eigenvalue weighted by molar-refractivity contribution is 0.476. The molecule has 0 heterocycles. The molecule has 0 aliphatic heterocycles. The zero-order chi connectivity index (χ0) is 13.1. The number of hydrogen-bond donors (Lipinski definition) is 0. The fourth-order valence-electron chi connectivity index (χ4n) is 1.47. The van der Waals surface area contributed by atoms with Crippen LogP contribution in [0.25, 0.3) is 0 Å². The Morgan fingerprint density at radius 3 is 2.56 bits per heavy atom. The highest BCUT2D eigenvalue weighted by atomic mass is 35.5. The van der Waals surface area contributed by atoms with E-state index >= 15 is 0 Å². The second-order valence-electron chi connectivity index (χ2n) is 3.91. The molecule has 0 saturated carbocycles. The van der Waals surface area contributed by atoms with Gasteiger partial charge in [0.15, 0.2) is 0 Å². The number of rotatable bonds is 3. The van der Waals surface area contributed by atoms with Crippen molar-refractivity contribution in [3.8, 4) is 11.5 Å². The molecule has 4 heteroatoms. The van der Waals surface area contributed by atoms with Crippen LogP contribution >= 0.6 is 23.2 Å². The van der Waals surface area contributed by atoms with Crippen LogP contribution in [0.4, 0.5) is 4.39 Å². The van der Waals surface area contributed by atoms with Gasteiger partial charge in [0.1, 0.15) is 17.3 Å². The Hall–Kier alpha value is -1.25. The summed E-state index contributed by atoms with van der Waals surface area (Å²) < 4.78 is 18.9. The maximum absolute atomic E-state index is 13.4. The second kappa shape index (κ2) is 5.59. The molecule has 0 N–H and O–H groups in total. The third kappa shape index (κ3) is 2.95. The number of halogens is 3. The standard InChI is InChI=1S/C14H11Cl2FO/c1-9-2-4-11(7-13(9)17)18-14-5-3-10(8-15)6-12(14)16/h2-7H,8H2,1H3. The lowest BCUT2D eigenvalue weighted by Crippen LogP contribution is -1.89. The van der Waals surface area contributed by atoms with Crippen molar-refractivity contribution in [1.29, 1.82) is 0 Å². The molecule has 94 valence electrons. The summed E-state index contributed by atoms with van der Waals surface area (Å²) in [5.41, 5.74) is 1.48. The molecule has 18 heavy (non-hydrogen) atoms. The quantitative estimate of drug-likeness (QED) is 0.693. The van der Waals surface area contributed by atoms with Gasteiger partial charge in [0, 0.05) is 11.9 Å². The summed E-state index contributed by atoms with van der Waals surface area (Å²) in [6, 6.07) is 9.96. The molecule has 0 aliphatic carbocycles. The Morgan fingerprint density at radius 1 is 1.17 bits per heavy atom. The molecule has 2 rings (SSSR count). The zero-order valence-electron chi connectivity index (χ0n) is 9.71. The molecule has 2 aromatic carbocycles. The van der Waals surface area contributed by atoms with Gasteiger partial charge in [-0.1, -0.05) is 23.7 Å². The molecular weight excluding hydrogens is 274 g/mol. The third-order valence-electron chi connectivity index (χ3n) is 2.52. The molecule has 0 amide bonds. The number of ether oxygens (including phenoxy) is 1. The van der Waals surface area contributed by atoms with Crippen molar-refractivity contribution in [3.63, 3.8) is 0 Å². The van der Waals surface area contributed by atoms with Crippen LogP contribution in [0.2, 0.25) is 5.02 Å². The van der Waals surface area contributed by atoms with Crippen LogP contribution < -0.4 is 4.74 Å². The lowest BCUT2D eigenvalue weighted by Gasteiger charge is -2.09. The van der Waals surface area contributed by atoms with Crippen molar-refractivity contribution in [2.45, 2.75) is 12.8 Å². The summed E-state index contributed by atoms with van der Waals surface area (Å²) in [4.78, 5) is 0. The first-order valence-electron chi connectivity index (χ1n) is 5.38. The van der Waals surface area contributed by atoms with Gasteiger partial charge in [-0.15, -0.1) is 11.6 Å². The minimum atomic E-state index is -0.305. The molecule has 2 aromatic rings. The maximum Gasteiger partial charge on any atom is 0.146 e. The van der Waals surface area contributed by atoms with Crippen LogP contribution in [0.5, 0.6) is 11.5 Å². The lowest BCUT2D eigenvalue weighted by atomic mass is 10.2. The SMILES string of the molecule is Cc1ccc(Oc2ccc(CCl)cc2Cl)cc1F. The highest BCUT2D eigenvalue weighted by Crippen LogP contribution is 2.31. The number of benzene rings is 2. The van der Waals surface area contributed by atoms with E-state index in [-0.39, 0.29) is 5.82 Å². The monoisotopic (exact) mass is 284 g/mol.